The van der Waals surface area contributed by atoms with Crippen LogP contribution in [0.3, 0.4) is 0 Å². The zero-order valence-corrected chi connectivity index (χ0v) is 13.0. The van der Waals surface area contributed by atoms with Gasteiger partial charge in [0, 0.05) is 6.54 Å². The van der Waals surface area contributed by atoms with Gasteiger partial charge in [-0.1, -0.05) is 24.3 Å². The number of nitrogens with zero attached hydrogens (tertiary/aromatic N) is 1. The SMILES string of the molecule is COc1cccc(C2CCCN2C(=O)Nc2ccccc2F)c1. The lowest BCUT2D eigenvalue weighted by Gasteiger charge is -2.25. The third-order valence-corrected chi connectivity index (χ3v) is 4.11. The first kappa shape index (κ1) is 15.3. The van der Waals surface area contributed by atoms with Gasteiger partial charge in [-0.2, -0.15) is 0 Å². The zero-order valence-electron chi connectivity index (χ0n) is 13.0. The van der Waals surface area contributed by atoms with Gasteiger partial charge in [-0.15, -0.1) is 0 Å². The first-order valence-electron chi connectivity index (χ1n) is 7.65. The van der Waals surface area contributed by atoms with E-state index in [1.54, 1.807) is 30.2 Å². The minimum absolute atomic E-state index is 0.0168. The van der Waals surface area contributed by atoms with Gasteiger partial charge < -0.3 is 15.0 Å². The fourth-order valence-electron chi connectivity index (χ4n) is 2.95. The molecule has 4 nitrogen and oxygen atoms in total. The molecular formula is C18H19FN2O2. The lowest BCUT2D eigenvalue weighted by Crippen LogP contribution is -2.34. The summed E-state index contributed by atoms with van der Waals surface area (Å²) in [6.07, 6.45) is 1.81. The van der Waals surface area contributed by atoms with Crippen LogP contribution < -0.4 is 10.1 Å². The van der Waals surface area contributed by atoms with Crippen LogP contribution in [0.2, 0.25) is 0 Å². The van der Waals surface area contributed by atoms with Gasteiger partial charge in [0.15, 0.2) is 0 Å². The molecule has 1 fully saturated rings. The molecule has 0 aliphatic carbocycles. The zero-order chi connectivity index (χ0) is 16.2. The molecule has 23 heavy (non-hydrogen) atoms. The first-order valence-corrected chi connectivity index (χ1v) is 7.65. The van der Waals surface area contributed by atoms with Gasteiger partial charge >= 0.3 is 6.03 Å². The van der Waals surface area contributed by atoms with E-state index in [0.29, 0.717) is 6.54 Å². The Morgan fingerprint density at radius 3 is 2.87 bits per heavy atom. The van der Waals surface area contributed by atoms with E-state index >= 15 is 0 Å². The van der Waals surface area contributed by atoms with Crippen LogP contribution in [-0.2, 0) is 0 Å². The summed E-state index contributed by atoms with van der Waals surface area (Å²) in [5.41, 5.74) is 1.24. The standard InChI is InChI=1S/C18H19FN2O2/c1-23-14-7-4-6-13(12-14)17-10-5-11-21(17)18(22)20-16-9-3-2-8-15(16)19/h2-4,6-9,12,17H,5,10-11H2,1H3,(H,20,22). The van der Waals surface area contributed by atoms with Crippen molar-refractivity contribution >= 4 is 11.7 Å². The van der Waals surface area contributed by atoms with Crippen molar-refractivity contribution in [2.45, 2.75) is 18.9 Å². The molecule has 0 bridgehead atoms. The average molecular weight is 314 g/mol. The van der Waals surface area contributed by atoms with Crippen molar-refractivity contribution in [1.29, 1.82) is 0 Å². The van der Waals surface area contributed by atoms with Gasteiger partial charge in [0.05, 0.1) is 18.8 Å². The molecule has 2 aromatic rings. The number of ether oxygens (including phenoxy) is 1. The van der Waals surface area contributed by atoms with E-state index in [2.05, 4.69) is 5.32 Å². The van der Waals surface area contributed by atoms with Crippen LogP contribution in [0.4, 0.5) is 14.9 Å². The maximum Gasteiger partial charge on any atom is 0.322 e. The van der Waals surface area contributed by atoms with Gasteiger partial charge in [-0.3, -0.25) is 0 Å². The van der Waals surface area contributed by atoms with Gasteiger partial charge in [0.1, 0.15) is 11.6 Å². The number of methoxy groups -OCH3 is 1. The Morgan fingerprint density at radius 1 is 1.26 bits per heavy atom. The minimum Gasteiger partial charge on any atom is -0.497 e. The number of nitrogens with one attached hydrogen (secondary N) is 1. The summed E-state index contributed by atoms with van der Waals surface area (Å²) in [6.45, 7) is 0.655. The molecule has 2 aromatic carbocycles. The molecule has 120 valence electrons. The molecule has 0 aromatic heterocycles. The van der Waals surface area contributed by atoms with E-state index in [1.807, 2.05) is 24.3 Å². The molecule has 1 heterocycles. The number of anilines is 1. The van der Waals surface area contributed by atoms with Crippen molar-refractivity contribution < 1.29 is 13.9 Å². The molecule has 1 N–H and O–H groups in total. The molecule has 0 spiro atoms. The lowest BCUT2D eigenvalue weighted by molar-refractivity contribution is 0.207. The lowest BCUT2D eigenvalue weighted by atomic mass is 10.0. The molecule has 5 heteroatoms. The number of hydrogen-bond acceptors (Lipinski definition) is 2. The minimum atomic E-state index is -0.432. The maximum atomic E-state index is 13.7. The molecule has 3 rings (SSSR count). The average Bonchev–Trinajstić information content (AvgIpc) is 3.07. The fourth-order valence-corrected chi connectivity index (χ4v) is 2.95. The molecule has 0 radical (unpaired) electrons. The highest BCUT2D eigenvalue weighted by atomic mass is 19.1. The number of amides is 2. The Hall–Kier alpha value is -2.56. The maximum absolute atomic E-state index is 13.7. The Morgan fingerprint density at radius 2 is 2.09 bits per heavy atom. The summed E-state index contributed by atoms with van der Waals surface area (Å²) in [5, 5.41) is 2.66. The van der Waals surface area contributed by atoms with Crippen LogP contribution in [-0.4, -0.2) is 24.6 Å². The van der Waals surface area contributed by atoms with Crippen LogP contribution in [0, 0.1) is 5.82 Å². The molecule has 1 atom stereocenters. The highest BCUT2D eigenvalue weighted by Crippen LogP contribution is 2.34. The molecule has 1 aliphatic heterocycles. The van der Waals surface area contributed by atoms with Gasteiger partial charge in [0.25, 0.3) is 0 Å². The molecule has 1 unspecified atom stereocenters. The molecular weight excluding hydrogens is 295 g/mol. The molecule has 1 saturated heterocycles. The predicted molar refractivity (Wildman–Crippen MR) is 87.1 cm³/mol. The predicted octanol–water partition coefficient (Wildman–Crippen LogP) is 4.20. The van der Waals surface area contributed by atoms with E-state index in [-0.39, 0.29) is 17.8 Å². The molecule has 2 amide bonds. The Labute approximate surface area is 134 Å². The number of hydrogen-bond donors (Lipinski definition) is 1. The quantitative estimate of drug-likeness (QED) is 0.922. The largest absolute Gasteiger partial charge is 0.497 e. The number of carbonyl (C=O) groups is 1. The van der Waals surface area contributed by atoms with Crippen LogP contribution in [0.1, 0.15) is 24.4 Å². The van der Waals surface area contributed by atoms with Crippen LogP contribution in [0.25, 0.3) is 0 Å². The second-order valence-electron chi connectivity index (χ2n) is 5.54. The number of likely N-dealkylation sites (tertiary alicyclic amines) is 1. The van der Waals surface area contributed by atoms with Gasteiger partial charge in [0.2, 0.25) is 0 Å². The third kappa shape index (κ3) is 3.28. The number of halogens is 1. The van der Waals surface area contributed by atoms with E-state index in [4.69, 9.17) is 4.74 Å². The van der Waals surface area contributed by atoms with E-state index in [1.165, 1.54) is 6.07 Å². The summed E-state index contributed by atoms with van der Waals surface area (Å²) in [6, 6.07) is 13.6. The van der Waals surface area contributed by atoms with Crippen LogP contribution in [0.15, 0.2) is 48.5 Å². The van der Waals surface area contributed by atoms with Crippen molar-refractivity contribution in [3.63, 3.8) is 0 Å². The number of rotatable bonds is 3. The monoisotopic (exact) mass is 314 g/mol. The van der Waals surface area contributed by atoms with E-state index in [0.717, 1.165) is 24.2 Å². The number of carbonyl (C=O) groups excluding carboxylic acids is 1. The first-order chi connectivity index (χ1) is 11.2. The smallest absolute Gasteiger partial charge is 0.322 e. The number of benzene rings is 2. The van der Waals surface area contributed by atoms with Crippen molar-refractivity contribution in [3.05, 3.63) is 59.9 Å². The van der Waals surface area contributed by atoms with Crippen molar-refractivity contribution in [2.75, 3.05) is 19.0 Å². The second-order valence-corrected chi connectivity index (χ2v) is 5.54. The van der Waals surface area contributed by atoms with Crippen LogP contribution >= 0.6 is 0 Å². The molecule has 1 aliphatic rings. The summed E-state index contributed by atoms with van der Waals surface area (Å²) in [4.78, 5) is 14.3. The number of urea groups is 1. The van der Waals surface area contributed by atoms with Gasteiger partial charge in [-0.25, -0.2) is 9.18 Å². The van der Waals surface area contributed by atoms with Gasteiger partial charge in [-0.05, 0) is 42.7 Å². The highest BCUT2D eigenvalue weighted by molar-refractivity contribution is 5.90. The fraction of sp³-hybridized carbons (Fsp3) is 0.278. The second kappa shape index (κ2) is 6.69. The third-order valence-electron chi connectivity index (χ3n) is 4.11. The summed E-state index contributed by atoms with van der Waals surface area (Å²) in [7, 11) is 1.62. The number of para-hydroxylation sites is 1. The van der Waals surface area contributed by atoms with E-state index < -0.39 is 5.82 Å². The van der Waals surface area contributed by atoms with E-state index in [9.17, 15) is 9.18 Å². The highest BCUT2D eigenvalue weighted by Gasteiger charge is 2.30. The summed E-state index contributed by atoms with van der Waals surface area (Å²) < 4.78 is 19.0. The van der Waals surface area contributed by atoms with Crippen molar-refractivity contribution in [1.82, 2.24) is 4.90 Å². The molecule has 0 saturated carbocycles. The summed E-state index contributed by atoms with van der Waals surface area (Å²) >= 11 is 0. The Balaban J connectivity index is 1.78. The topological polar surface area (TPSA) is 41.6 Å². The van der Waals surface area contributed by atoms with Crippen molar-refractivity contribution in [3.8, 4) is 5.75 Å². The normalized spacial score (nSPS) is 17.1. The van der Waals surface area contributed by atoms with Crippen LogP contribution in [0.5, 0.6) is 5.75 Å². The Kier molecular flexibility index (Phi) is 4.46. The Bertz CT molecular complexity index is 705. The summed E-state index contributed by atoms with van der Waals surface area (Å²) in [5.74, 6) is 0.335. The van der Waals surface area contributed by atoms with Crippen molar-refractivity contribution in [2.24, 2.45) is 0 Å².